The SMILES string of the molecule is CC(=O)NCc1cccc(CCOCc2ccccc2)c1. The quantitative estimate of drug-likeness (QED) is 0.793. The molecule has 0 radical (unpaired) electrons. The van der Waals surface area contributed by atoms with Crippen molar-refractivity contribution in [3.8, 4) is 0 Å². The third-order valence-electron chi connectivity index (χ3n) is 3.18. The van der Waals surface area contributed by atoms with E-state index >= 15 is 0 Å². The largest absolute Gasteiger partial charge is 0.376 e. The monoisotopic (exact) mass is 283 g/mol. The van der Waals surface area contributed by atoms with Gasteiger partial charge in [0.05, 0.1) is 13.2 Å². The molecule has 0 aromatic heterocycles. The first kappa shape index (κ1) is 15.3. The molecule has 0 unspecified atom stereocenters. The van der Waals surface area contributed by atoms with Crippen LogP contribution < -0.4 is 5.32 Å². The minimum Gasteiger partial charge on any atom is -0.376 e. The van der Waals surface area contributed by atoms with Crippen LogP contribution in [0.25, 0.3) is 0 Å². The van der Waals surface area contributed by atoms with Gasteiger partial charge in [-0.25, -0.2) is 0 Å². The maximum absolute atomic E-state index is 10.9. The summed E-state index contributed by atoms with van der Waals surface area (Å²) in [5.74, 6) is -0.00778. The summed E-state index contributed by atoms with van der Waals surface area (Å²) in [7, 11) is 0. The van der Waals surface area contributed by atoms with Crippen LogP contribution in [0.5, 0.6) is 0 Å². The number of benzene rings is 2. The smallest absolute Gasteiger partial charge is 0.217 e. The zero-order valence-corrected chi connectivity index (χ0v) is 12.3. The molecule has 2 aromatic carbocycles. The first-order valence-corrected chi connectivity index (χ1v) is 7.18. The molecule has 1 N–H and O–H groups in total. The highest BCUT2D eigenvalue weighted by Gasteiger charge is 1.98. The van der Waals surface area contributed by atoms with Crippen molar-refractivity contribution in [2.24, 2.45) is 0 Å². The molecule has 0 saturated carbocycles. The van der Waals surface area contributed by atoms with Crippen molar-refractivity contribution < 1.29 is 9.53 Å². The van der Waals surface area contributed by atoms with Gasteiger partial charge in [0.1, 0.15) is 0 Å². The lowest BCUT2D eigenvalue weighted by atomic mass is 10.1. The van der Waals surface area contributed by atoms with Crippen LogP contribution in [0.2, 0.25) is 0 Å². The van der Waals surface area contributed by atoms with Gasteiger partial charge >= 0.3 is 0 Å². The number of hydrogen-bond acceptors (Lipinski definition) is 2. The van der Waals surface area contributed by atoms with Crippen LogP contribution in [0.15, 0.2) is 54.6 Å². The van der Waals surface area contributed by atoms with Crippen molar-refractivity contribution in [2.45, 2.75) is 26.5 Å². The van der Waals surface area contributed by atoms with Crippen LogP contribution in [-0.4, -0.2) is 12.5 Å². The average Bonchev–Trinajstić information content (AvgIpc) is 2.51. The fourth-order valence-electron chi connectivity index (χ4n) is 2.08. The van der Waals surface area contributed by atoms with Gasteiger partial charge < -0.3 is 10.1 Å². The van der Waals surface area contributed by atoms with Gasteiger partial charge in [-0.05, 0) is 23.1 Å². The Hall–Kier alpha value is -2.13. The molecule has 0 aliphatic rings. The zero-order chi connectivity index (χ0) is 14.9. The first-order valence-electron chi connectivity index (χ1n) is 7.18. The summed E-state index contributed by atoms with van der Waals surface area (Å²) in [4.78, 5) is 10.9. The standard InChI is InChI=1S/C18H21NO2/c1-15(20)19-13-18-9-5-8-16(12-18)10-11-21-14-17-6-3-2-4-7-17/h2-9,12H,10-11,13-14H2,1H3,(H,19,20). The van der Waals surface area contributed by atoms with Crippen molar-refractivity contribution in [1.82, 2.24) is 5.32 Å². The van der Waals surface area contributed by atoms with E-state index in [4.69, 9.17) is 4.74 Å². The maximum atomic E-state index is 10.9. The normalized spacial score (nSPS) is 10.3. The lowest BCUT2D eigenvalue weighted by Crippen LogP contribution is -2.18. The van der Waals surface area contributed by atoms with Gasteiger partial charge in [-0.1, -0.05) is 54.6 Å². The van der Waals surface area contributed by atoms with Crippen molar-refractivity contribution >= 4 is 5.91 Å². The molecule has 21 heavy (non-hydrogen) atoms. The Labute approximate surface area is 126 Å². The van der Waals surface area contributed by atoms with Crippen molar-refractivity contribution in [3.63, 3.8) is 0 Å². The summed E-state index contributed by atoms with van der Waals surface area (Å²) < 4.78 is 5.69. The topological polar surface area (TPSA) is 38.3 Å². The van der Waals surface area contributed by atoms with E-state index in [0.717, 1.165) is 12.0 Å². The van der Waals surface area contributed by atoms with Crippen LogP contribution in [0.3, 0.4) is 0 Å². The lowest BCUT2D eigenvalue weighted by molar-refractivity contribution is -0.119. The number of ether oxygens (including phenoxy) is 1. The second-order valence-electron chi connectivity index (χ2n) is 5.02. The summed E-state index contributed by atoms with van der Waals surface area (Å²) in [5, 5.41) is 2.81. The van der Waals surface area contributed by atoms with Crippen LogP contribution >= 0.6 is 0 Å². The molecule has 1 amide bonds. The Kier molecular flexibility index (Phi) is 5.98. The van der Waals surface area contributed by atoms with E-state index in [0.29, 0.717) is 19.8 Å². The number of hydrogen-bond donors (Lipinski definition) is 1. The number of nitrogens with one attached hydrogen (secondary N) is 1. The highest BCUT2D eigenvalue weighted by molar-refractivity contribution is 5.72. The van der Waals surface area contributed by atoms with Gasteiger partial charge in [0.2, 0.25) is 5.91 Å². The number of rotatable bonds is 7. The summed E-state index contributed by atoms with van der Waals surface area (Å²) in [5.41, 5.74) is 3.54. The predicted octanol–water partition coefficient (Wildman–Crippen LogP) is 3.08. The molecule has 0 atom stereocenters. The van der Waals surface area contributed by atoms with E-state index < -0.39 is 0 Å². The van der Waals surface area contributed by atoms with Crippen molar-refractivity contribution in [2.75, 3.05) is 6.61 Å². The lowest BCUT2D eigenvalue weighted by Gasteiger charge is -2.07. The summed E-state index contributed by atoms with van der Waals surface area (Å²) in [6.07, 6.45) is 0.876. The van der Waals surface area contributed by atoms with Crippen LogP contribution in [-0.2, 0) is 29.1 Å². The molecular formula is C18H21NO2. The highest BCUT2D eigenvalue weighted by atomic mass is 16.5. The molecule has 0 aliphatic carbocycles. The van der Waals surface area contributed by atoms with Crippen LogP contribution in [0.1, 0.15) is 23.6 Å². The molecule has 0 aliphatic heterocycles. The van der Waals surface area contributed by atoms with E-state index in [2.05, 4.69) is 29.6 Å². The Balaban J connectivity index is 1.75. The van der Waals surface area contributed by atoms with Gasteiger partial charge in [0.25, 0.3) is 0 Å². The fourth-order valence-corrected chi connectivity index (χ4v) is 2.08. The fraction of sp³-hybridized carbons (Fsp3) is 0.278. The van der Waals surface area contributed by atoms with Gasteiger partial charge in [0, 0.05) is 13.5 Å². The molecule has 0 spiro atoms. The van der Waals surface area contributed by atoms with Crippen LogP contribution in [0, 0.1) is 0 Å². The number of carbonyl (C=O) groups is 1. The number of carbonyl (C=O) groups excluding carboxylic acids is 1. The third-order valence-corrected chi connectivity index (χ3v) is 3.18. The summed E-state index contributed by atoms with van der Waals surface area (Å²) in [6, 6.07) is 18.4. The molecule has 2 rings (SSSR count). The third kappa shape index (κ3) is 5.79. The molecule has 110 valence electrons. The molecule has 3 heteroatoms. The second kappa shape index (κ2) is 8.22. The van der Waals surface area contributed by atoms with Gasteiger partial charge in [-0.15, -0.1) is 0 Å². The average molecular weight is 283 g/mol. The minimum atomic E-state index is -0.00778. The molecular weight excluding hydrogens is 262 g/mol. The Morgan fingerprint density at radius 1 is 1.00 bits per heavy atom. The van der Waals surface area contributed by atoms with E-state index in [-0.39, 0.29) is 5.91 Å². The summed E-state index contributed by atoms with van der Waals surface area (Å²) in [6.45, 7) is 3.44. The molecule has 0 heterocycles. The maximum Gasteiger partial charge on any atom is 0.217 e. The number of amides is 1. The van der Waals surface area contributed by atoms with E-state index in [1.54, 1.807) is 0 Å². The second-order valence-corrected chi connectivity index (χ2v) is 5.02. The molecule has 2 aromatic rings. The molecule has 3 nitrogen and oxygen atoms in total. The minimum absolute atomic E-state index is 0.00778. The van der Waals surface area contributed by atoms with Crippen LogP contribution in [0.4, 0.5) is 0 Å². The molecule has 0 fully saturated rings. The van der Waals surface area contributed by atoms with Gasteiger partial charge in [-0.2, -0.15) is 0 Å². The Bertz CT molecular complexity index is 566. The highest BCUT2D eigenvalue weighted by Crippen LogP contribution is 2.07. The van der Waals surface area contributed by atoms with E-state index in [1.165, 1.54) is 18.1 Å². The van der Waals surface area contributed by atoms with Gasteiger partial charge in [0.15, 0.2) is 0 Å². The molecule has 0 saturated heterocycles. The summed E-state index contributed by atoms with van der Waals surface area (Å²) >= 11 is 0. The predicted molar refractivity (Wildman–Crippen MR) is 83.8 cm³/mol. The zero-order valence-electron chi connectivity index (χ0n) is 12.3. The Morgan fingerprint density at radius 2 is 1.71 bits per heavy atom. The van der Waals surface area contributed by atoms with E-state index in [9.17, 15) is 4.79 Å². The Morgan fingerprint density at radius 3 is 2.48 bits per heavy atom. The van der Waals surface area contributed by atoms with E-state index in [1.807, 2.05) is 30.3 Å². The van der Waals surface area contributed by atoms with Crippen molar-refractivity contribution in [3.05, 3.63) is 71.3 Å². The first-order chi connectivity index (χ1) is 10.2. The molecule has 0 bridgehead atoms. The van der Waals surface area contributed by atoms with Gasteiger partial charge in [-0.3, -0.25) is 4.79 Å². The van der Waals surface area contributed by atoms with Crippen molar-refractivity contribution in [1.29, 1.82) is 0 Å².